The molecule has 0 aliphatic carbocycles. The van der Waals surface area contributed by atoms with Crippen molar-refractivity contribution in [2.24, 2.45) is 7.05 Å². The molecule has 40 heavy (non-hydrogen) atoms. The summed E-state index contributed by atoms with van der Waals surface area (Å²) < 4.78 is 33.5. The first-order valence-electron chi connectivity index (χ1n) is 13.0. The predicted octanol–water partition coefficient (Wildman–Crippen LogP) is 3.64. The number of piperidine rings is 1. The standard InChI is InChI=1S/C26H32N6O.C2HF3O2/c1-21-7-6-10-23(28-21)19-30-13-11-26(12-14-30)25(33)32(24-17-27-29(2)20-24)16-15-31(26)18-22-8-4-3-5-9-22;3-2(4,5)1(6)7/h3-10,17,20H,11-16,18-19H2,1-2H3;(H,6,7). The molecular weight excluding hydrogens is 525 g/mol. The zero-order chi connectivity index (χ0) is 28.9. The maximum Gasteiger partial charge on any atom is 0.490 e. The first-order chi connectivity index (χ1) is 19.0. The van der Waals surface area contributed by atoms with Crippen LogP contribution in [0.1, 0.15) is 29.8 Å². The van der Waals surface area contributed by atoms with Gasteiger partial charge in [0.05, 0.1) is 17.6 Å². The number of aliphatic carboxylic acids is 1. The van der Waals surface area contributed by atoms with E-state index in [0.29, 0.717) is 6.54 Å². The number of pyridine rings is 1. The van der Waals surface area contributed by atoms with Gasteiger partial charge in [-0.2, -0.15) is 18.3 Å². The summed E-state index contributed by atoms with van der Waals surface area (Å²) in [6.07, 6.45) is 0.302. The van der Waals surface area contributed by atoms with Gasteiger partial charge in [0.2, 0.25) is 5.91 Å². The fourth-order valence-corrected chi connectivity index (χ4v) is 5.28. The zero-order valence-electron chi connectivity index (χ0n) is 22.5. The van der Waals surface area contributed by atoms with Gasteiger partial charge in [0.15, 0.2) is 0 Å². The third-order valence-corrected chi connectivity index (χ3v) is 7.32. The molecule has 2 aromatic heterocycles. The smallest absolute Gasteiger partial charge is 0.475 e. The molecule has 0 atom stereocenters. The second kappa shape index (κ2) is 12.2. The highest BCUT2D eigenvalue weighted by atomic mass is 19.4. The maximum absolute atomic E-state index is 14.0. The fourth-order valence-electron chi connectivity index (χ4n) is 5.28. The van der Waals surface area contributed by atoms with Crippen LogP contribution < -0.4 is 4.90 Å². The summed E-state index contributed by atoms with van der Waals surface area (Å²) in [5, 5.41) is 11.4. The van der Waals surface area contributed by atoms with E-state index >= 15 is 0 Å². The number of anilines is 1. The number of halogens is 3. The summed E-state index contributed by atoms with van der Waals surface area (Å²) in [5.41, 5.74) is 3.81. The van der Waals surface area contributed by atoms with Crippen LogP contribution in [0.25, 0.3) is 0 Å². The van der Waals surface area contributed by atoms with Crippen molar-refractivity contribution in [3.8, 4) is 0 Å². The Balaban J connectivity index is 0.000000470. The lowest BCUT2D eigenvalue weighted by molar-refractivity contribution is -0.192. The van der Waals surface area contributed by atoms with Crippen LogP contribution in [0.5, 0.6) is 0 Å². The van der Waals surface area contributed by atoms with Gasteiger partial charge in [-0.05, 0) is 37.5 Å². The Hall–Kier alpha value is -3.77. The second-order valence-corrected chi connectivity index (χ2v) is 10.1. The Morgan fingerprint density at radius 2 is 1.68 bits per heavy atom. The molecule has 12 heteroatoms. The summed E-state index contributed by atoms with van der Waals surface area (Å²) >= 11 is 0. The van der Waals surface area contributed by atoms with Gasteiger partial charge >= 0.3 is 12.1 Å². The van der Waals surface area contributed by atoms with E-state index in [4.69, 9.17) is 9.90 Å². The Kier molecular flexibility index (Phi) is 8.89. The van der Waals surface area contributed by atoms with Crippen molar-refractivity contribution < 1.29 is 27.9 Å². The molecule has 1 spiro atoms. The highest BCUT2D eigenvalue weighted by molar-refractivity contribution is 6.01. The number of carbonyl (C=O) groups excluding carboxylic acids is 1. The molecule has 1 aromatic carbocycles. The number of carbonyl (C=O) groups is 2. The van der Waals surface area contributed by atoms with Crippen molar-refractivity contribution in [2.45, 2.75) is 44.6 Å². The second-order valence-electron chi connectivity index (χ2n) is 10.1. The normalized spacial score (nSPS) is 17.9. The molecule has 0 unspecified atom stereocenters. The minimum atomic E-state index is -5.08. The molecule has 3 aromatic rings. The molecule has 0 bridgehead atoms. The number of hydrogen-bond acceptors (Lipinski definition) is 6. The van der Waals surface area contributed by atoms with E-state index in [1.54, 1.807) is 10.9 Å². The molecule has 4 heterocycles. The van der Waals surface area contributed by atoms with E-state index in [1.165, 1.54) is 5.56 Å². The highest BCUT2D eigenvalue weighted by Crippen LogP contribution is 2.37. The lowest BCUT2D eigenvalue weighted by Crippen LogP contribution is -2.68. The van der Waals surface area contributed by atoms with Gasteiger partial charge in [-0.3, -0.25) is 24.3 Å². The summed E-state index contributed by atoms with van der Waals surface area (Å²) in [4.78, 5) is 34.4. The van der Waals surface area contributed by atoms with Crippen molar-refractivity contribution in [3.63, 3.8) is 0 Å². The predicted molar refractivity (Wildman–Crippen MR) is 142 cm³/mol. The zero-order valence-corrected chi connectivity index (χ0v) is 22.5. The molecule has 9 nitrogen and oxygen atoms in total. The van der Waals surface area contributed by atoms with Gasteiger partial charge in [-0.15, -0.1) is 0 Å². The van der Waals surface area contributed by atoms with E-state index < -0.39 is 17.7 Å². The van der Waals surface area contributed by atoms with Gasteiger partial charge < -0.3 is 10.0 Å². The quantitative estimate of drug-likeness (QED) is 0.511. The van der Waals surface area contributed by atoms with E-state index in [2.05, 4.69) is 56.3 Å². The van der Waals surface area contributed by atoms with Gasteiger partial charge in [0, 0.05) is 58.2 Å². The summed E-state index contributed by atoms with van der Waals surface area (Å²) in [5.74, 6) is -2.54. The number of nitrogens with zero attached hydrogens (tertiary/aromatic N) is 6. The van der Waals surface area contributed by atoms with E-state index in [-0.39, 0.29) is 5.91 Å². The van der Waals surface area contributed by atoms with Crippen LogP contribution >= 0.6 is 0 Å². The molecule has 2 saturated heterocycles. The summed E-state index contributed by atoms with van der Waals surface area (Å²) in [7, 11) is 1.90. The monoisotopic (exact) mass is 558 g/mol. The van der Waals surface area contributed by atoms with Gasteiger partial charge in [-0.25, -0.2) is 4.79 Å². The fraction of sp³-hybridized carbons (Fsp3) is 0.429. The van der Waals surface area contributed by atoms with Crippen LogP contribution in [-0.2, 0) is 29.7 Å². The molecule has 2 aliphatic rings. The molecule has 214 valence electrons. The van der Waals surface area contributed by atoms with Crippen molar-refractivity contribution in [2.75, 3.05) is 31.1 Å². The van der Waals surface area contributed by atoms with Crippen molar-refractivity contribution in [1.29, 1.82) is 0 Å². The first kappa shape index (κ1) is 29.2. The number of piperazine rings is 1. The highest BCUT2D eigenvalue weighted by Gasteiger charge is 2.51. The Morgan fingerprint density at radius 1 is 1.00 bits per heavy atom. The minimum Gasteiger partial charge on any atom is -0.475 e. The van der Waals surface area contributed by atoms with Crippen LogP contribution in [0.15, 0.2) is 60.9 Å². The summed E-state index contributed by atoms with van der Waals surface area (Å²) in [6, 6.07) is 16.7. The average molecular weight is 559 g/mol. The summed E-state index contributed by atoms with van der Waals surface area (Å²) in [6.45, 7) is 6.97. The third-order valence-electron chi connectivity index (χ3n) is 7.32. The lowest BCUT2D eigenvalue weighted by Gasteiger charge is -2.52. The SMILES string of the molecule is Cc1cccc(CN2CCC3(CC2)C(=O)N(c2cnn(C)c2)CCN3Cc2ccccc2)n1.O=C(O)C(F)(F)F. The van der Waals surface area contributed by atoms with E-state index in [9.17, 15) is 18.0 Å². The van der Waals surface area contributed by atoms with Crippen LogP contribution in [0.3, 0.4) is 0 Å². The van der Waals surface area contributed by atoms with Gasteiger partial charge in [0.25, 0.3) is 0 Å². The van der Waals surface area contributed by atoms with Crippen molar-refractivity contribution >= 4 is 17.6 Å². The number of carboxylic acid groups (broad SMARTS) is 1. The number of likely N-dealkylation sites (tertiary alicyclic amines) is 1. The van der Waals surface area contributed by atoms with Crippen LogP contribution in [-0.4, -0.2) is 79.4 Å². The van der Waals surface area contributed by atoms with Crippen molar-refractivity contribution in [3.05, 3.63) is 77.9 Å². The third kappa shape index (κ3) is 6.86. The number of alkyl halides is 3. The van der Waals surface area contributed by atoms with E-state index in [0.717, 1.165) is 62.6 Å². The molecule has 5 rings (SSSR count). The molecule has 1 N–H and O–H groups in total. The molecule has 0 saturated carbocycles. The topological polar surface area (TPSA) is 94.8 Å². The molecule has 2 aliphatic heterocycles. The molecule has 1 amide bonds. The molecule has 2 fully saturated rings. The Bertz CT molecular complexity index is 1310. The van der Waals surface area contributed by atoms with Crippen LogP contribution in [0, 0.1) is 6.92 Å². The average Bonchev–Trinajstić information content (AvgIpc) is 3.34. The molecular formula is C28H33F3N6O3. The van der Waals surface area contributed by atoms with E-state index in [1.807, 2.05) is 37.2 Å². The maximum atomic E-state index is 14.0. The van der Waals surface area contributed by atoms with Crippen LogP contribution in [0.4, 0.5) is 18.9 Å². The van der Waals surface area contributed by atoms with Gasteiger partial charge in [-0.1, -0.05) is 36.4 Å². The largest absolute Gasteiger partial charge is 0.490 e. The molecule has 0 radical (unpaired) electrons. The number of aryl methyl sites for hydroxylation is 2. The first-order valence-corrected chi connectivity index (χ1v) is 13.0. The Labute approximate surface area is 230 Å². The number of hydrogen-bond donors (Lipinski definition) is 1. The lowest BCUT2D eigenvalue weighted by atomic mass is 9.81. The number of carboxylic acids is 1. The van der Waals surface area contributed by atoms with Crippen LogP contribution in [0.2, 0.25) is 0 Å². The number of benzene rings is 1. The number of amides is 1. The Morgan fingerprint density at radius 3 is 2.25 bits per heavy atom. The minimum absolute atomic E-state index is 0.214. The van der Waals surface area contributed by atoms with Crippen molar-refractivity contribution in [1.82, 2.24) is 24.6 Å². The number of aromatic nitrogens is 3. The number of rotatable bonds is 5. The van der Waals surface area contributed by atoms with Gasteiger partial charge in [0.1, 0.15) is 5.54 Å².